The summed E-state index contributed by atoms with van der Waals surface area (Å²) in [6.45, 7) is 1.03. The van der Waals surface area contributed by atoms with Crippen molar-refractivity contribution in [3.05, 3.63) is 170 Å². The Morgan fingerprint density at radius 2 is 0.882 bits per heavy atom. The van der Waals surface area contributed by atoms with Gasteiger partial charge in [0.1, 0.15) is 6.61 Å². The molecule has 0 heterocycles. The number of nitrogens with two attached hydrogens (primary N) is 1. The normalized spacial score (nSPS) is 14.8. The Morgan fingerprint density at radius 1 is 0.515 bits per heavy atom. The summed E-state index contributed by atoms with van der Waals surface area (Å²) >= 11 is -2.53. The Morgan fingerprint density at radius 3 is 1.26 bits per heavy atom. The number of ether oxygens (including phenoxy) is 2. The molecule has 0 fully saturated rings. The molecule has 0 aromatic heterocycles. The molecule has 378 valence electrons. The number of unbranched alkanes of at least 4 members (excludes halogenated alkanes) is 1. The molecule has 0 bridgehead atoms. The van der Waals surface area contributed by atoms with Gasteiger partial charge in [0, 0.05) is 19.4 Å². The van der Waals surface area contributed by atoms with Gasteiger partial charge in [-0.1, -0.05) is 122 Å². The van der Waals surface area contributed by atoms with E-state index in [2.05, 4.69) is 146 Å². The third-order valence-electron chi connectivity index (χ3n) is 9.00. The zero-order chi connectivity index (χ0) is 49.9. The summed E-state index contributed by atoms with van der Waals surface area (Å²) in [6.07, 6.45) is 70.8. The van der Waals surface area contributed by atoms with E-state index in [9.17, 15) is 22.8 Å². The quantitative estimate of drug-likeness (QED) is 0.0199. The number of phosphoric ester groups is 1. The second-order valence-corrected chi connectivity index (χ2v) is 24.7. The van der Waals surface area contributed by atoms with Crippen LogP contribution in [0.25, 0.3) is 0 Å². The van der Waals surface area contributed by atoms with Crippen LogP contribution in [0.2, 0.25) is 16.6 Å². The number of allylic oxidation sites excluding steroid dienone is 28. The number of phosphoric acid groups is 1. The molecular formula is C56H85AsNO9P. The average molecular weight is 1020 g/mol. The second-order valence-electron chi connectivity index (χ2n) is 15.9. The minimum Gasteiger partial charge on any atom is -0.328 e. The number of esters is 2. The molecule has 0 saturated heterocycles. The molecule has 0 saturated carbocycles. The molecule has 0 aliphatic heterocycles. The maximum atomic E-state index is 12.6. The predicted octanol–water partition coefficient (Wildman–Crippen LogP) is 14.6. The largest absolute Gasteiger partial charge is 0.472 e. The predicted molar refractivity (Wildman–Crippen MR) is 287 cm³/mol. The number of carbonyl (C=O) groups is 2. The number of hydrogen-bond donors (Lipinski definition) is 2. The van der Waals surface area contributed by atoms with Crippen LogP contribution in [0.3, 0.4) is 0 Å². The molecule has 0 radical (unpaired) electrons. The number of rotatable bonds is 42. The first-order chi connectivity index (χ1) is 33.0. The Balaban J connectivity index is 4.33. The molecule has 2 unspecified atom stereocenters. The maximum absolute atomic E-state index is 12.6. The van der Waals surface area contributed by atoms with E-state index in [1.165, 1.54) is 0 Å². The van der Waals surface area contributed by atoms with Crippen molar-refractivity contribution in [1.82, 2.24) is 0 Å². The van der Waals surface area contributed by atoms with Gasteiger partial charge in [-0.05, 0) is 84.0 Å². The number of carbonyl (C=O) groups excluding carboxylic acids is 2. The average Bonchev–Trinajstić information content (AvgIpc) is 3.30. The van der Waals surface area contributed by atoms with Crippen LogP contribution in [0.4, 0.5) is 0 Å². The summed E-state index contributed by atoms with van der Waals surface area (Å²) < 4.78 is 44.4. The Hall–Kier alpha value is -4.27. The van der Waals surface area contributed by atoms with E-state index in [1.54, 1.807) is 0 Å². The zero-order valence-corrected chi connectivity index (χ0v) is 44.3. The molecule has 0 aromatic carbocycles. The Bertz CT molecular complexity index is 1820. The Labute approximate surface area is 413 Å². The van der Waals surface area contributed by atoms with Crippen LogP contribution in [0.15, 0.2) is 170 Å². The zero-order valence-electron chi connectivity index (χ0n) is 41.5. The van der Waals surface area contributed by atoms with Crippen LogP contribution >= 0.6 is 7.82 Å². The molecule has 3 N–H and O–H groups in total. The van der Waals surface area contributed by atoms with Gasteiger partial charge >= 0.3 is 121 Å². The summed E-state index contributed by atoms with van der Waals surface area (Å²) in [5.74, 6) is -1.03. The van der Waals surface area contributed by atoms with Gasteiger partial charge in [-0.3, -0.25) is 18.6 Å². The first kappa shape index (κ1) is 63.7. The molecule has 0 spiro atoms. The van der Waals surface area contributed by atoms with Crippen LogP contribution in [-0.4, -0.2) is 62.8 Å². The monoisotopic (exact) mass is 1020 g/mol. The molecule has 2 atom stereocenters. The van der Waals surface area contributed by atoms with E-state index >= 15 is 0 Å². The first-order valence-electron chi connectivity index (χ1n) is 24.3. The molecule has 12 heteroatoms. The third kappa shape index (κ3) is 51.1. The van der Waals surface area contributed by atoms with Crippen LogP contribution in [0.5, 0.6) is 0 Å². The molecule has 10 nitrogen and oxygen atoms in total. The van der Waals surface area contributed by atoms with E-state index in [0.29, 0.717) is 19.3 Å². The minimum absolute atomic E-state index is 0.0200. The minimum atomic E-state index is -4.43. The van der Waals surface area contributed by atoms with E-state index in [0.717, 1.165) is 82.3 Å². The summed E-state index contributed by atoms with van der Waals surface area (Å²) in [4.78, 5) is 34.9. The fraction of sp³-hybridized carbons (Fsp3) is 0.464. The van der Waals surface area contributed by atoms with Crippen molar-refractivity contribution in [2.24, 2.45) is 5.73 Å². The van der Waals surface area contributed by atoms with Crippen LogP contribution in [0, 0.1) is 0 Å². The van der Waals surface area contributed by atoms with Crippen molar-refractivity contribution in [1.29, 1.82) is 0 Å². The molecule has 0 rings (SSSR count). The van der Waals surface area contributed by atoms with Gasteiger partial charge in [0.15, 0.2) is 6.10 Å². The van der Waals surface area contributed by atoms with Crippen molar-refractivity contribution < 1.29 is 41.3 Å². The number of hydrogen-bond acceptors (Lipinski definition) is 9. The van der Waals surface area contributed by atoms with Crippen molar-refractivity contribution in [3.8, 4) is 0 Å². The fourth-order valence-electron chi connectivity index (χ4n) is 5.42. The van der Waals surface area contributed by atoms with Crippen LogP contribution in [0.1, 0.15) is 116 Å². The summed E-state index contributed by atoms with van der Waals surface area (Å²) in [6, 6.07) is 0. The summed E-state index contributed by atoms with van der Waals surface area (Å²) in [5, 5.41) is 0.732. The molecular weight excluding hydrogens is 937 g/mol. The van der Waals surface area contributed by atoms with Gasteiger partial charge in [-0.25, -0.2) is 4.57 Å². The molecule has 0 aromatic rings. The van der Waals surface area contributed by atoms with Crippen LogP contribution < -0.4 is 5.73 Å². The SMILES string of the molecule is C/C=C\C/C=C\C/C=C\C/C=C\C/C=C\C/C=C\CCC(=O)OC(COC(=O)CCC/C=C\C/C=C\C/C=C\C/C=C\C/C=C\C/C=C\C/C=C\C/C=C\C[As](C)(C)=O)COP(=O)(O)OCCN. The van der Waals surface area contributed by atoms with Gasteiger partial charge in [0.05, 0.1) is 13.2 Å². The van der Waals surface area contributed by atoms with E-state index < -0.39 is 46.0 Å². The standard InChI is InChI=1S/C56H85AsNO9P/c1-4-5-6-7-8-9-10-11-12-13-23-27-30-33-36-39-42-45-48-56(60)67-54(53-66-68(62,63)65-51-50-58)52-64-55(59)47-44-41-38-35-32-29-26-24-21-19-17-15-14-16-18-20-22-25-28-31-34-37-40-43-46-49-57(2,3)61/h4-5,7-8,10-11,13-15,18-21,23,25-26,28-30,33-35,37-39,42-43,46,54H,6,9,12,16-17,22,24,27,31-32,36,40-41,44-45,47-53,58H2,1-3H3,(H,62,63)/b5-4-,8-7-,11-10-,15-14-,20-18-,21-19-,23-13-,28-25-,29-26-,33-30-,37-34-,38-35-,42-39-,46-43-. The van der Waals surface area contributed by atoms with E-state index in [4.69, 9.17) is 24.3 Å². The van der Waals surface area contributed by atoms with Gasteiger partial charge < -0.3 is 20.1 Å². The smallest absolute Gasteiger partial charge is 0.328 e. The van der Waals surface area contributed by atoms with Crippen LogP contribution in [-0.2, 0) is 36.4 Å². The second kappa shape index (κ2) is 47.8. The van der Waals surface area contributed by atoms with E-state index in [1.807, 2.05) is 42.7 Å². The maximum Gasteiger partial charge on any atom is 0.472 e. The molecule has 0 aliphatic rings. The van der Waals surface area contributed by atoms with Crippen molar-refractivity contribution in [2.45, 2.75) is 139 Å². The van der Waals surface area contributed by atoms with Gasteiger partial charge in [0.2, 0.25) is 0 Å². The summed E-state index contributed by atoms with van der Waals surface area (Å²) in [5.41, 5.74) is 9.10. The van der Waals surface area contributed by atoms with E-state index in [-0.39, 0.29) is 32.6 Å². The van der Waals surface area contributed by atoms with Crippen molar-refractivity contribution in [3.63, 3.8) is 0 Å². The molecule has 68 heavy (non-hydrogen) atoms. The van der Waals surface area contributed by atoms with Crippen molar-refractivity contribution in [2.75, 3.05) is 26.4 Å². The Kier molecular flexibility index (Phi) is 44.8. The van der Waals surface area contributed by atoms with Gasteiger partial charge in [-0.15, -0.1) is 0 Å². The third-order valence-corrected chi connectivity index (χ3v) is 12.3. The molecule has 0 amide bonds. The first-order valence-corrected chi connectivity index (χ1v) is 31.6. The van der Waals surface area contributed by atoms with Gasteiger partial charge in [-0.2, -0.15) is 0 Å². The van der Waals surface area contributed by atoms with Crippen molar-refractivity contribution >= 4 is 33.3 Å². The topological polar surface area (TPSA) is 151 Å². The summed E-state index contributed by atoms with van der Waals surface area (Å²) in [7, 11) is -4.43. The fourth-order valence-corrected chi connectivity index (χ4v) is 7.57. The molecule has 0 aliphatic carbocycles. The van der Waals surface area contributed by atoms with Gasteiger partial charge in [0.25, 0.3) is 0 Å².